The standard InChI is InChI=1S/C29H31N3O4/c1-19-6-8-20(9-7-19)14-30-28(34)25-17-31(15-21-4-3-5-24(13-21)36-2)18-26(27(25)33)29(35)32-16-22-10-11-23(32)12-22/h3-9,13,17-18,22-23H,10-12,14-16H2,1-2H3,(H,30,34). The topological polar surface area (TPSA) is 80.6 Å². The Morgan fingerprint density at radius 3 is 2.50 bits per heavy atom. The summed E-state index contributed by atoms with van der Waals surface area (Å²) in [6, 6.07) is 15.6. The number of rotatable bonds is 7. The fraction of sp³-hybridized carbons (Fsp3) is 0.345. The van der Waals surface area contributed by atoms with Gasteiger partial charge in [-0.25, -0.2) is 0 Å². The second kappa shape index (κ2) is 10.0. The van der Waals surface area contributed by atoms with Crippen molar-refractivity contribution in [2.45, 2.75) is 45.3 Å². The molecule has 2 unspecified atom stereocenters. The van der Waals surface area contributed by atoms with Crippen molar-refractivity contribution in [1.82, 2.24) is 14.8 Å². The van der Waals surface area contributed by atoms with E-state index < -0.39 is 11.3 Å². The number of carbonyl (C=O) groups excluding carboxylic acids is 2. The number of nitrogens with one attached hydrogen (secondary N) is 1. The Hall–Kier alpha value is -3.87. The summed E-state index contributed by atoms with van der Waals surface area (Å²) in [6.45, 7) is 3.37. The van der Waals surface area contributed by atoms with E-state index in [1.54, 1.807) is 24.1 Å². The largest absolute Gasteiger partial charge is 0.497 e. The van der Waals surface area contributed by atoms with E-state index in [2.05, 4.69) is 5.32 Å². The number of hydrogen-bond acceptors (Lipinski definition) is 4. The van der Waals surface area contributed by atoms with Crippen molar-refractivity contribution >= 4 is 11.8 Å². The summed E-state index contributed by atoms with van der Waals surface area (Å²) < 4.78 is 7.08. The molecule has 1 saturated carbocycles. The molecule has 2 atom stereocenters. The highest BCUT2D eigenvalue weighted by atomic mass is 16.5. The number of amides is 2. The minimum atomic E-state index is -0.522. The van der Waals surface area contributed by atoms with Crippen LogP contribution in [0.5, 0.6) is 5.75 Å². The fourth-order valence-corrected chi connectivity index (χ4v) is 5.33. The summed E-state index contributed by atoms with van der Waals surface area (Å²) in [4.78, 5) is 41.9. The van der Waals surface area contributed by atoms with Crippen LogP contribution in [0.3, 0.4) is 0 Å². The van der Waals surface area contributed by atoms with Crippen LogP contribution in [0.2, 0.25) is 0 Å². The van der Waals surface area contributed by atoms with Crippen molar-refractivity contribution in [3.8, 4) is 5.75 Å². The second-order valence-corrected chi connectivity index (χ2v) is 9.90. The second-order valence-electron chi connectivity index (χ2n) is 9.90. The molecule has 5 rings (SSSR count). The van der Waals surface area contributed by atoms with Gasteiger partial charge in [0, 0.05) is 38.1 Å². The Labute approximate surface area is 210 Å². The zero-order chi connectivity index (χ0) is 25.2. The molecule has 0 radical (unpaired) electrons. The van der Waals surface area contributed by atoms with Gasteiger partial charge in [0.1, 0.15) is 16.9 Å². The Bertz CT molecular complexity index is 1350. The molecule has 2 bridgehead atoms. The molecule has 1 aliphatic carbocycles. The number of aryl methyl sites for hydroxylation is 1. The van der Waals surface area contributed by atoms with Crippen LogP contribution in [0.4, 0.5) is 0 Å². The minimum Gasteiger partial charge on any atom is -0.497 e. The zero-order valence-corrected chi connectivity index (χ0v) is 20.7. The summed E-state index contributed by atoms with van der Waals surface area (Å²) in [5.41, 5.74) is 2.50. The molecule has 1 saturated heterocycles. The third kappa shape index (κ3) is 4.91. The number of nitrogens with zero attached hydrogens (tertiary/aromatic N) is 2. The van der Waals surface area contributed by atoms with Crippen LogP contribution in [0, 0.1) is 12.8 Å². The van der Waals surface area contributed by atoms with Crippen LogP contribution in [0.15, 0.2) is 65.7 Å². The number of likely N-dealkylation sites (tertiary alicyclic amines) is 1. The number of ether oxygens (including phenoxy) is 1. The van der Waals surface area contributed by atoms with Gasteiger partial charge in [-0.1, -0.05) is 42.0 Å². The van der Waals surface area contributed by atoms with Crippen molar-refractivity contribution in [3.05, 3.63) is 99.0 Å². The van der Waals surface area contributed by atoms with Gasteiger partial charge in [0.2, 0.25) is 5.43 Å². The van der Waals surface area contributed by atoms with E-state index in [0.717, 1.165) is 36.0 Å². The quantitative estimate of drug-likeness (QED) is 0.553. The predicted octanol–water partition coefficient (Wildman–Crippen LogP) is 3.77. The highest BCUT2D eigenvalue weighted by Gasteiger charge is 2.41. The van der Waals surface area contributed by atoms with Crippen LogP contribution in [-0.4, -0.2) is 41.0 Å². The van der Waals surface area contributed by atoms with Gasteiger partial charge in [0.25, 0.3) is 11.8 Å². The molecule has 7 heteroatoms. The maximum absolute atomic E-state index is 13.5. The first-order chi connectivity index (χ1) is 17.4. The van der Waals surface area contributed by atoms with Crippen LogP contribution in [-0.2, 0) is 13.1 Å². The average Bonchev–Trinajstić information content (AvgIpc) is 3.53. The lowest BCUT2D eigenvalue weighted by Gasteiger charge is -2.27. The molecular formula is C29H31N3O4. The fourth-order valence-electron chi connectivity index (χ4n) is 5.33. The lowest BCUT2D eigenvalue weighted by molar-refractivity contribution is 0.0701. The molecule has 2 heterocycles. The number of benzene rings is 2. The first-order valence-corrected chi connectivity index (χ1v) is 12.4. The van der Waals surface area contributed by atoms with E-state index in [4.69, 9.17) is 4.74 Å². The van der Waals surface area contributed by atoms with Crippen molar-refractivity contribution in [2.75, 3.05) is 13.7 Å². The van der Waals surface area contributed by atoms with E-state index in [1.807, 2.05) is 60.4 Å². The Kier molecular flexibility index (Phi) is 6.63. The molecule has 1 N–H and O–H groups in total. The molecule has 7 nitrogen and oxygen atoms in total. The number of carbonyl (C=O) groups is 2. The number of methoxy groups -OCH3 is 1. The maximum Gasteiger partial charge on any atom is 0.259 e. The predicted molar refractivity (Wildman–Crippen MR) is 137 cm³/mol. The molecule has 2 aromatic carbocycles. The molecule has 2 fully saturated rings. The Morgan fingerprint density at radius 2 is 1.81 bits per heavy atom. The van der Waals surface area contributed by atoms with Crippen LogP contribution in [0.1, 0.15) is 56.7 Å². The van der Waals surface area contributed by atoms with E-state index >= 15 is 0 Å². The number of aromatic nitrogens is 1. The monoisotopic (exact) mass is 485 g/mol. The van der Waals surface area contributed by atoms with Gasteiger partial charge in [0.05, 0.1) is 7.11 Å². The van der Waals surface area contributed by atoms with Crippen molar-refractivity contribution in [1.29, 1.82) is 0 Å². The van der Waals surface area contributed by atoms with Gasteiger partial charge in [-0.15, -0.1) is 0 Å². The van der Waals surface area contributed by atoms with Crippen LogP contribution >= 0.6 is 0 Å². The van der Waals surface area contributed by atoms with Gasteiger partial charge in [0.15, 0.2) is 0 Å². The smallest absolute Gasteiger partial charge is 0.259 e. The van der Waals surface area contributed by atoms with Crippen molar-refractivity contribution < 1.29 is 14.3 Å². The molecule has 36 heavy (non-hydrogen) atoms. The van der Waals surface area contributed by atoms with Crippen LogP contribution < -0.4 is 15.5 Å². The summed E-state index contributed by atoms with van der Waals surface area (Å²) in [5, 5.41) is 2.85. The van der Waals surface area contributed by atoms with Gasteiger partial charge in [-0.2, -0.15) is 0 Å². The third-order valence-corrected chi connectivity index (χ3v) is 7.30. The molecule has 186 valence electrons. The van der Waals surface area contributed by atoms with Gasteiger partial charge in [-0.3, -0.25) is 14.4 Å². The molecule has 1 aromatic heterocycles. The Morgan fingerprint density at radius 1 is 1.03 bits per heavy atom. The summed E-state index contributed by atoms with van der Waals surface area (Å²) in [7, 11) is 1.61. The van der Waals surface area contributed by atoms with E-state index in [9.17, 15) is 14.4 Å². The molecule has 2 aliphatic rings. The Balaban J connectivity index is 1.46. The lowest BCUT2D eigenvalue weighted by Crippen LogP contribution is -2.41. The number of piperidine rings is 1. The zero-order valence-electron chi connectivity index (χ0n) is 20.7. The first kappa shape index (κ1) is 23.9. The number of pyridine rings is 1. The lowest BCUT2D eigenvalue weighted by atomic mass is 10.1. The van der Waals surface area contributed by atoms with Gasteiger partial charge in [-0.05, 0) is 55.4 Å². The molecular weight excluding hydrogens is 454 g/mol. The van der Waals surface area contributed by atoms with E-state index in [0.29, 0.717) is 31.3 Å². The third-order valence-electron chi connectivity index (χ3n) is 7.30. The molecule has 2 amide bonds. The van der Waals surface area contributed by atoms with Crippen molar-refractivity contribution in [2.24, 2.45) is 5.92 Å². The SMILES string of the molecule is COc1cccc(Cn2cc(C(=O)NCc3ccc(C)cc3)c(=O)c(C(=O)N3CC4CCC3C4)c2)c1. The van der Waals surface area contributed by atoms with Gasteiger partial charge >= 0.3 is 0 Å². The number of hydrogen-bond donors (Lipinski definition) is 1. The maximum atomic E-state index is 13.5. The van der Waals surface area contributed by atoms with Gasteiger partial charge < -0.3 is 19.5 Å². The first-order valence-electron chi connectivity index (χ1n) is 12.4. The van der Waals surface area contributed by atoms with E-state index in [1.165, 1.54) is 0 Å². The number of fused-ring (bicyclic) bond motifs is 2. The van der Waals surface area contributed by atoms with E-state index in [-0.39, 0.29) is 23.1 Å². The molecule has 1 aliphatic heterocycles. The minimum absolute atomic E-state index is 0.0276. The average molecular weight is 486 g/mol. The highest BCUT2D eigenvalue weighted by molar-refractivity contribution is 5.99. The van der Waals surface area contributed by atoms with Crippen molar-refractivity contribution in [3.63, 3.8) is 0 Å². The summed E-state index contributed by atoms with van der Waals surface area (Å²) in [6.07, 6.45) is 6.24. The molecule has 3 aromatic rings. The molecule has 0 spiro atoms. The summed E-state index contributed by atoms with van der Waals surface area (Å²) in [5.74, 6) is 0.463. The normalized spacial score (nSPS) is 18.3. The van der Waals surface area contributed by atoms with Crippen LogP contribution in [0.25, 0.3) is 0 Å². The highest BCUT2D eigenvalue weighted by Crippen LogP contribution is 2.37. The summed E-state index contributed by atoms with van der Waals surface area (Å²) >= 11 is 0.